The summed E-state index contributed by atoms with van der Waals surface area (Å²) in [6.45, 7) is 0. The molecule has 0 aliphatic heterocycles. The molecule has 0 aliphatic rings. The molecule has 0 radical (unpaired) electrons. The maximum absolute atomic E-state index is 11.2. The summed E-state index contributed by atoms with van der Waals surface area (Å²) < 4.78 is 0. The predicted molar refractivity (Wildman–Crippen MR) is 47.4 cm³/mol. The quantitative estimate of drug-likeness (QED) is 0.626. The van der Waals surface area contributed by atoms with Crippen LogP contribution in [0.15, 0.2) is 29.3 Å². The average molecular weight is 181 g/mol. The number of hydrogen-bond acceptors (Lipinski definition) is 2. The predicted octanol–water partition coefficient (Wildman–Crippen LogP) is 1.58. The second-order valence-corrected chi connectivity index (χ2v) is 2.73. The Bertz CT molecular complexity index is 478. The van der Waals surface area contributed by atoms with Gasteiger partial charge in [0, 0.05) is 17.8 Å². The normalized spacial score (nSPS) is 10.4. The highest BCUT2D eigenvalue weighted by atomic mass is 35.5. The van der Waals surface area contributed by atoms with Crippen molar-refractivity contribution in [2.45, 2.75) is 0 Å². The minimum absolute atomic E-state index is 0.142. The molecule has 2 aromatic heterocycles. The van der Waals surface area contributed by atoms with E-state index in [1.807, 2.05) is 0 Å². The van der Waals surface area contributed by atoms with E-state index in [0.717, 1.165) is 0 Å². The second-order valence-electron chi connectivity index (χ2n) is 2.37. The van der Waals surface area contributed by atoms with Crippen molar-refractivity contribution in [3.8, 4) is 0 Å². The monoisotopic (exact) mass is 180 g/mol. The molecule has 2 heterocycles. The molecule has 0 saturated heterocycles. The minimum Gasteiger partial charge on any atom is -0.329 e. The first-order chi connectivity index (χ1) is 5.79. The molecule has 0 aromatic carbocycles. The Morgan fingerprint density at radius 2 is 2.17 bits per heavy atom. The van der Waals surface area contributed by atoms with Crippen molar-refractivity contribution < 1.29 is 0 Å². The smallest absolute Gasteiger partial charge is 0.255 e. The molecule has 1 N–H and O–H groups in total. The first-order valence-corrected chi connectivity index (χ1v) is 3.79. The summed E-state index contributed by atoms with van der Waals surface area (Å²) in [4.78, 5) is 17.6. The molecule has 0 saturated carbocycles. The zero-order valence-corrected chi connectivity index (χ0v) is 6.80. The average Bonchev–Trinajstić information content (AvgIpc) is 2.07. The van der Waals surface area contributed by atoms with E-state index in [-0.39, 0.29) is 5.56 Å². The lowest BCUT2D eigenvalue weighted by Gasteiger charge is -1.95. The first-order valence-electron chi connectivity index (χ1n) is 3.41. The van der Waals surface area contributed by atoms with Crippen LogP contribution in [0.1, 0.15) is 0 Å². The Labute approximate surface area is 73.0 Å². The summed E-state index contributed by atoms with van der Waals surface area (Å²) >= 11 is 5.77. The molecular formula is C8H5ClN2O. The van der Waals surface area contributed by atoms with Gasteiger partial charge in [0.25, 0.3) is 5.56 Å². The highest BCUT2D eigenvalue weighted by Gasteiger charge is 2.00. The van der Waals surface area contributed by atoms with E-state index in [2.05, 4.69) is 9.97 Å². The van der Waals surface area contributed by atoms with Crippen LogP contribution in [0.4, 0.5) is 0 Å². The van der Waals surface area contributed by atoms with Gasteiger partial charge in [0.1, 0.15) is 5.15 Å². The van der Waals surface area contributed by atoms with Crippen molar-refractivity contribution in [1.82, 2.24) is 9.97 Å². The van der Waals surface area contributed by atoms with Gasteiger partial charge in [-0.25, -0.2) is 4.98 Å². The summed E-state index contributed by atoms with van der Waals surface area (Å²) in [7, 11) is 0. The van der Waals surface area contributed by atoms with Crippen molar-refractivity contribution in [3.63, 3.8) is 0 Å². The number of fused-ring (bicyclic) bond motifs is 1. The maximum atomic E-state index is 11.2. The zero-order valence-electron chi connectivity index (χ0n) is 6.04. The lowest BCUT2D eigenvalue weighted by Crippen LogP contribution is -2.04. The fraction of sp³-hybridized carbons (Fsp3) is 0. The second kappa shape index (κ2) is 2.60. The van der Waals surface area contributed by atoms with Crippen LogP contribution in [-0.4, -0.2) is 9.97 Å². The van der Waals surface area contributed by atoms with Crippen LogP contribution in [0.5, 0.6) is 0 Å². The number of nitrogens with zero attached hydrogens (tertiary/aromatic N) is 1. The molecule has 0 bridgehead atoms. The number of aromatic nitrogens is 2. The fourth-order valence-corrected chi connectivity index (χ4v) is 1.30. The lowest BCUT2D eigenvalue weighted by atomic mass is 10.2. The third-order valence-corrected chi connectivity index (χ3v) is 1.95. The van der Waals surface area contributed by atoms with Gasteiger partial charge in [-0.15, -0.1) is 0 Å². The third-order valence-electron chi connectivity index (χ3n) is 1.65. The fourth-order valence-electron chi connectivity index (χ4n) is 1.08. The van der Waals surface area contributed by atoms with Crippen molar-refractivity contribution in [3.05, 3.63) is 40.0 Å². The minimum atomic E-state index is -0.142. The molecule has 3 nitrogen and oxygen atoms in total. The molecule has 0 fully saturated rings. The van der Waals surface area contributed by atoms with Crippen LogP contribution in [0.25, 0.3) is 10.8 Å². The van der Waals surface area contributed by atoms with E-state index >= 15 is 0 Å². The number of rotatable bonds is 0. The number of H-pyrrole nitrogens is 1. The SMILES string of the molecule is O=c1[nH]ccc2c(Cl)nccc12. The van der Waals surface area contributed by atoms with Crippen LogP contribution in [0.2, 0.25) is 5.15 Å². The van der Waals surface area contributed by atoms with E-state index in [9.17, 15) is 4.79 Å². The summed E-state index contributed by atoms with van der Waals surface area (Å²) in [5.41, 5.74) is -0.142. The Hall–Kier alpha value is -1.35. The van der Waals surface area contributed by atoms with E-state index in [1.165, 1.54) is 6.20 Å². The van der Waals surface area contributed by atoms with Gasteiger partial charge < -0.3 is 4.98 Å². The number of nitrogens with one attached hydrogen (secondary N) is 1. The molecule has 0 spiro atoms. The van der Waals surface area contributed by atoms with E-state index in [0.29, 0.717) is 15.9 Å². The van der Waals surface area contributed by atoms with E-state index in [1.54, 1.807) is 18.3 Å². The molecule has 0 atom stereocenters. The van der Waals surface area contributed by atoms with Crippen molar-refractivity contribution >= 4 is 22.4 Å². The molecule has 0 unspecified atom stereocenters. The van der Waals surface area contributed by atoms with Gasteiger partial charge in [0.05, 0.1) is 5.39 Å². The van der Waals surface area contributed by atoms with E-state index < -0.39 is 0 Å². The Kier molecular flexibility index (Phi) is 1.59. The van der Waals surface area contributed by atoms with Crippen molar-refractivity contribution in [2.75, 3.05) is 0 Å². The number of pyridine rings is 2. The summed E-state index contributed by atoms with van der Waals surface area (Å²) in [5, 5.41) is 1.61. The van der Waals surface area contributed by atoms with Crippen LogP contribution in [-0.2, 0) is 0 Å². The molecule has 0 amide bonds. The van der Waals surface area contributed by atoms with Gasteiger partial charge in [0.15, 0.2) is 0 Å². The highest BCUT2D eigenvalue weighted by molar-refractivity contribution is 6.34. The standard InChI is InChI=1S/C8H5ClN2O/c9-7-5-1-4-11-8(12)6(5)2-3-10-7/h1-4H,(H,11,12). The van der Waals surface area contributed by atoms with E-state index in [4.69, 9.17) is 11.6 Å². The molecule has 12 heavy (non-hydrogen) atoms. The number of hydrogen-bond donors (Lipinski definition) is 1. The van der Waals surface area contributed by atoms with Gasteiger partial charge in [-0.1, -0.05) is 11.6 Å². The van der Waals surface area contributed by atoms with Crippen LogP contribution >= 0.6 is 11.6 Å². The lowest BCUT2D eigenvalue weighted by molar-refractivity contribution is 1.26. The van der Waals surface area contributed by atoms with Gasteiger partial charge in [-0.05, 0) is 12.1 Å². The Morgan fingerprint density at radius 3 is 2.92 bits per heavy atom. The van der Waals surface area contributed by atoms with Gasteiger partial charge >= 0.3 is 0 Å². The van der Waals surface area contributed by atoms with Gasteiger partial charge in [-0.3, -0.25) is 4.79 Å². The molecule has 4 heteroatoms. The Morgan fingerprint density at radius 1 is 1.33 bits per heavy atom. The Balaban J connectivity index is 3.05. The van der Waals surface area contributed by atoms with Crippen LogP contribution in [0.3, 0.4) is 0 Å². The highest BCUT2D eigenvalue weighted by Crippen LogP contribution is 2.16. The molecule has 60 valence electrons. The molecule has 2 rings (SSSR count). The summed E-state index contributed by atoms with van der Waals surface area (Å²) in [6.07, 6.45) is 3.07. The van der Waals surface area contributed by atoms with Crippen LogP contribution < -0.4 is 5.56 Å². The molecular weight excluding hydrogens is 176 g/mol. The summed E-state index contributed by atoms with van der Waals surface area (Å²) in [6, 6.07) is 3.37. The molecule has 0 aliphatic carbocycles. The summed E-state index contributed by atoms with van der Waals surface area (Å²) in [5.74, 6) is 0. The third kappa shape index (κ3) is 0.987. The largest absolute Gasteiger partial charge is 0.329 e. The number of halogens is 1. The topological polar surface area (TPSA) is 45.8 Å². The number of aromatic amines is 1. The zero-order chi connectivity index (χ0) is 8.55. The molecule has 2 aromatic rings. The van der Waals surface area contributed by atoms with Crippen molar-refractivity contribution in [1.29, 1.82) is 0 Å². The van der Waals surface area contributed by atoms with Crippen LogP contribution in [0, 0.1) is 0 Å². The maximum Gasteiger partial charge on any atom is 0.255 e. The van der Waals surface area contributed by atoms with Gasteiger partial charge in [0.2, 0.25) is 0 Å². The van der Waals surface area contributed by atoms with Crippen molar-refractivity contribution in [2.24, 2.45) is 0 Å². The first kappa shape index (κ1) is 7.31. The van der Waals surface area contributed by atoms with Gasteiger partial charge in [-0.2, -0.15) is 0 Å².